The second-order valence-corrected chi connectivity index (χ2v) is 10.00. The van der Waals surface area contributed by atoms with Gasteiger partial charge in [0.25, 0.3) is 0 Å². The smallest absolute Gasteiger partial charge is 0.155 e. The topological polar surface area (TPSA) is 17.1 Å². The maximum atomic E-state index is 12.0. The van der Waals surface area contributed by atoms with Gasteiger partial charge in [0.2, 0.25) is 0 Å². The SMILES string of the molecule is CC/C=C(\C)C1CCC2C3CCC4=CC(=O)CC[C@]4(C)C3CC[C@]12C. The first kappa shape index (κ1) is 17.6. The Balaban J connectivity index is 1.64. The second-order valence-electron chi connectivity index (χ2n) is 10.00. The summed E-state index contributed by atoms with van der Waals surface area (Å²) >= 11 is 0. The average molecular weight is 341 g/mol. The molecule has 0 aromatic carbocycles. The number of carbonyl (C=O) groups is 1. The van der Waals surface area contributed by atoms with E-state index in [0.29, 0.717) is 16.6 Å². The highest BCUT2D eigenvalue weighted by molar-refractivity contribution is 5.91. The van der Waals surface area contributed by atoms with Crippen LogP contribution in [0.15, 0.2) is 23.3 Å². The van der Waals surface area contributed by atoms with Crippen LogP contribution >= 0.6 is 0 Å². The van der Waals surface area contributed by atoms with Crippen molar-refractivity contribution in [3.63, 3.8) is 0 Å². The number of fused-ring (bicyclic) bond motifs is 5. The molecule has 0 aromatic heterocycles. The zero-order valence-corrected chi connectivity index (χ0v) is 16.7. The van der Waals surface area contributed by atoms with Gasteiger partial charge >= 0.3 is 0 Å². The van der Waals surface area contributed by atoms with Crippen LogP contribution in [-0.4, -0.2) is 5.78 Å². The minimum atomic E-state index is 0.324. The number of allylic oxidation sites excluding steroid dienone is 3. The van der Waals surface area contributed by atoms with E-state index in [0.717, 1.165) is 36.5 Å². The molecule has 0 amide bonds. The first-order valence-electron chi connectivity index (χ1n) is 10.8. The first-order valence-corrected chi connectivity index (χ1v) is 10.8. The molecule has 4 rings (SSSR count). The van der Waals surface area contributed by atoms with Gasteiger partial charge in [0.15, 0.2) is 5.78 Å². The molecule has 4 aliphatic rings. The van der Waals surface area contributed by atoms with Gasteiger partial charge in [-0.3, -0.25) is 4.79 Å². The summed E-state index contributed by atoms with van der Waals surface area (Å²) in [5, 5.41) is 0. The van der Waals surface area contributed by atoms with Crippen molar-refractivity contribution in [2.45, 2.75) is 85.5 Å². The molecule has 0 N–H and O–H groups in total. The van der Waals surface area contributed by atoms with Crippen LogP contribution in [0.25, 0.3) is 0 Å². The molecule has 4 unspecified atom stereocenters. The second kappa shape index (κ2) is 6.10. The Hall–Kier alpha value is -0.850. The van der Waals surface area contributed by atoms with Gasteiger partial charge in [0.05, 0.1) is 0 Å². The van der Waals surface area contributed by atoms with Crippen molar-refractivity contribution in [2.24, 2.45) is 34.5 Å². The molecule has 3 fully saturated rings. The standard InChI is InChI=1S/C24H36O/c1-5-6-16(2)20-9-10-21-19-8-7-17-15-18(25)11-13-23(17,3)22(19)12-14-24(20,21)4/h6,15,19-22H,5,7-14H2,1-4H3/b16-6+/t19?,20?,21?,22?,23-,24+/m0/s1. The molecule has 0 heterocycles. The Morgan fingerprint density at radius 1 is 1.12 bits per heavy atom. The van der Waals surface area contributed by atoms with Crippen LogP contribution in [0.4, 0.5) is 0 Å². The van der Waals surface area contributed by atoms with Gasteiger partial charge in [-0.2, -0.15) is 0 Å². The van der Waals surface area contributed by atoms with Crippen molar-refractivity contribution in [3.05, 3.63) is 23.3 Å². The third-order valence-corrected chi connectivity index (χ3v) is 9.04. The molecule has 25 heavy (non-hydrogen) atoms. The molecule has 6 atom stereocenters. The summed E-state index contributed by atoms with van der Waals surface area (Å²) in [7, 11) is 0. The summed E-state index contributed by atoms with van der Waals surface area (Å²) in [6, 6.07) is 0. The van der Waals surface area contributed by atoms with Gasteiger partial charge in [-0.25, -0.2) is 0 Å². The van der Waals surface area contributed by atoms with E-state index < -0.39 is 0 Å². The van der Waals surface area contributed by atoms with Crippen molar-refractivity contribution >= 4 is 5.78 Å². The third-order valence-electron chi connectivity index (χ3n) is 9.04. The molecule has 0 radical (unpaired) electrons. The normalized spacial score (nSPS) is 47.0. The fourth-order valence-corrected chi connectivity index (χ4v) is 7.77. The van der Waals surface area contributed by atoms with Gasteiger partial charge < -0.3 is 0 Å². The van der Waals surface area contributed by atoms with E-state index in [-0.39, 0.29) is 0 Å². The Labute approximate surface area is 154 Å². The molecular formula is C24H36O. The lowest BCUT2D eigenvalue weighted by Gasteiger charge is -2.58. The average Bonchev–Trinajstić information content (AvgIpc) is 2.93. The zero-order valence-electron chi connectivity index (χ0n) is 16.7. The number of rotatable bonds is 2. The molecule has 4 aliphatic carbocycles. The molecular weight excluding hydrogens is 304 g/mol. The first-order chi connectivity index (χ1) is 11.9. The van der Waals surface area contributed by atoms with Crippen molar-refractivity contribution < 1.29 is 4.79 Å². The Morgan fingerprint density at radius 2 is 1.92 bits per heavy atom. The van der Waals surface area contributed by atoms with Crippen LogP contribution in [0.3, 0.4) is 0 Å². The predicted molar refractivity (Wildman–Crippen MR) is 104 cm³/mol. The lowest BCUT2D eigenvalue weighted by atomic mass is 9.46. The van der Waals surface area contributed by atoms with Crippen LogP contribution in [0.2, 0.25) is 0 Å². The molecule has 0 bridgehead atoms. The van der Waals surface area contributed by atoms with Gasteiger partial charge in [-0.15, -0.1) is 0 Å². The highest BCUT2D eigenvalue weighted by atomic mass is 16.1. The van der Waals surface area contributed by atoms with Crippen LogP contribution in [-0.2, 0) is 4.79 Å². The number of carbonyl (C=O) groups excluding carboxylic acids is 1. The molecule has 3 saturated carbocycles. The summed E-state index contributed by atoms with van der Waals surface area (Å²) in [5.74, 6) is 3.83. The lowest BCUT2D eigenvalue weighted by Crippen LogP contribution is -2.50. The summed E-state index contributed by atoms with van der Waals surface area (Å²) < 4.78 is 0. The van der Waals surface area contributed by atoms with Crippen LogP contribution in [0, 0.1) is 34.5 Å². The van der Waals surface area contributed by atoms with Crippen molar-refractivity contribution in [3.8, 4) is 0 Å². The molecule has 0 saturated heterocycles. The zero-order chi connectivity index (χ0) is 17.8. The van der Waals surface area contributed by atoms with E-state index in [4.69, 9.17) is 0 Å². The van der Waals surface area contributed by atoms with Crippen molar-refractivity contribution in [1.82, 2.24) is 0 Å². The van der Waals surface area contributed by atoms with Crippen molar-refractivity contribution in [2.75, 3.05) is 0 Å². The maximum absolute atomic E-state index is 12.0. The largest absolute Gasteiger partial charge is 0.295 e. The highest BCUT2D eigenvalue weighted by Gasteiger charge is 2.58. The Kier molecular flexibility index (Phi) is 4.28. The minimum Gasteiger partial charge on any atom is -0.295 e. The molecule has 1 nitrogen and oxygen atoms in total. The van der Waals surface area contributed by atoms with E-state index in [9.17, 15) is 4.79 Å². The van der Waals surface area contributed by atoms with E-state index in [1.807, 2.05) is 6.08 Å². The summed E-state index contributed by atoms with van der Waals surface area (Å²) in [6.07, 6.45) is 15.7. The lowest BCUT2D eigenvalue weighted by molar-refractivity contribution is -0.117. The third kappa shape index (κ3) is 2.52. The molecule has 0 aliphatic heterocycles. The molecule has 138 valence electrons. The fraction of sp³-hybridized carbons (Fsp3) is 0.792. The summed E-state index contributed by atoms with van der Waals surface area (Å²) in [5.41, 5.74) is 4.02. The fourth-order valence-electron chi connectivity index (χ4n) is 7.77. The summed E-state index contributed by atoms with van der Waals surface area (Å²) in [6.45, 7) is 9.79. The molecule has 0 spiro atoms. The molecule has 1 heteroatoms. The Morgan fingerprint density at radius 3 is 2.68 bits per heavy atom. The van der Waals surface area contributed by atoms with E-state index in [2.05, 4.69) is 33.8 Å². The van der Waals surface area contributed by atoms with Gasteiger partial charge in [-0.05, 0) is 98.9 Å². The van der Waals surface area contributed by atoms with Crippen LogP contribution in [0.1, 0.15) is 85.5 Å². The minimum absolute atomic E-state index is 0.324. The van der Waals surface area contributed by atoms with Gasteiger partial charge in [0.1, 0.15) is 0 Å². The predicted octanol–water partition coefficient (Wildman–Crippen LogP) is 6.49. The number of hydrogen-bond donors (Lipinski definition) is 0. The van der Waals surface area contributed by atoms with Crippen LogP contribution < -0.4 is 0 Å². The van der Waals surface area contributed by atoms with Gasteiger partial charge in [-0.1, -0.05) is 38.0 Å². The maximum Gasteiger partial charge on any atom is 0.155 e. The molecule has 0 aromatic rings. The van der Waals surface area contributed by atoms with E-state index >= 15 is 0 Å². The Bertz CT molecular complexity index is 626. The van der Waals surface area contributed by atoms with Crippen molar-refractivity contribution in [1.29, 1.82) is 0 Å². The quantitative estimate of drug-likeness (QED) is 0.525. The van der Waals surface area contributed by atoms with Gasteiger partial charge in [0, 0.05) is 6.42 Å². The van der Waals surface area contributed by atoms with E-state index in [1.54, 1.807) is 5.57 Å². The number of ketones is 1. The van der Waals surface area contributed by atoms with E-state index in [1.165, 1.54) is 50.5 Å². The summed E-state index contributed by atoms with van der Waals surface area (Å²) in [4.78, 5) is 12.0. The highest BCUT2D eigenvalue weighted by Crippen LogP contribution is 2.67. The monoisotopic (exact) mass is 340 g/mol. The van der Waals surface area contributed by atoms with Crippen LogP contribution in [0.5, 0.6) is 0 Å². The number of hydrogen-bond acceptors (Lipinski definition) is 1.